The van der Waals surface area contributed by atoms with Crippen LogP contribution in [-0.4, -0.2) is 42.0 Å². The quantitative estimate of drug-likeness (QED) is 0.486. The number of nitrogens with zero attached hydrogens (tertiary/aromatic N) is 2. The fraction of sp³-hybridized carbons (Fsp3) is 0.462. The van der Waals surface area contributed by atoms with Crippen molar-refractivity contribution in [2.45, 2.75) is 20.0 Å². The van der Waals surface area contributed by atoms with Crippen LogP contribution in [0.2, 0.25) is 0 Å². The zero-order valence-electron chi connectivity index (χ0n) is 11.8. The second kappa shape index (κ2) is 6.85. The Hall–Kier alpha value is -2.15. The van der Waals surface area contributed by atoms with E-state index in [1.165, 1.54) is 23.1 Å². The van der Waals surface area contributed by atoms with Gasteiger partial charge in [0.25, 0.3) is 11.6 Å². The van der Waals surface area contributed by atoms with E-state index in [4.69, 9.17) is 10.5 Å². The van der Waals surface area contributed by atoms with Gasteiger partial charge in [0, 0.05) is 19.7 Å². The second-order valence-electron chi connectivity index (χ2n) is 4.64. The first kappa shape index (κ1) is 15.9. The molecule has 7 heteroatoms. The molecule has 0 heterocycles. The molecule has 0 bridgehead atoms. The van der Waals surface area contributed by atoms with E-state index >= 15 is 0 Å². The van der Waals surface area contributed by atoms with Crippen molar-refractivity contribution in [2.75, 3.05) is 25.9 Å². The number of nitrogen functional groups attached to an aromatic ring is 1. The molecule has 7 nitrogen and oxygen atoms in total. The van der Waals surface area contributed by atoms with Gasteiger partial charge in [0.1, 0.15) is 5.69 Å². The van der Waals surface area contributed by atoms with Crippen molar-refractivity contribution >= 4 is 17.3 Å². The predicted molar refractivity (Wildman–Crippen MR) is 75.6 cm³/mol. The van der Waals surface area contributed by atoms with Gasteiger partial charge < -0.3 is 15.4 Å². The Morgan fingerprint density at radius 3 is 2.70 bits per heavy atom. The van der Waals surface area contributed by atoms with Crippen LogP contribution in [0.1, 0.15) is 24.2 Å². The number of hydrogen-bond donors (Lipinski definition) is 1. The van der Waals surface area contributed by atoms with Gasteiger partial charge in [-0.2, -0.15) is 0 Å². The summed E-state index contributed by atoms with van der Waals surface area (Å²) in [6.07, 6.45) is 0.0846. The molecule has 0 unspecified atom stereocenters. The van der Waals surface area contributed by atoms with Crippen LogP contribution in [0.5, 0.6) is 0 Å². The van der Waals surface area contributed by atoms with E-state index in [0.29, 0.717) is 13.2 Å². The Balaban J connectivity index is 2.81. The third kappa shape index (κ3) is 3.92. The van der Waals surface area contributed by atoms with Crippen LogP contribution in [0, 0.1) is 10.1 Å². The average Bonchev–Trinajstić information content (AvgIpc) is 2.37. The molecule has 110 valence electrons. The maximum atomic E-state index is 12.2. The molecule has 0 aliphatic heterocycles. The van der Waals surface area contributed by atoms with Crippen LogP contribution < -0.4 is 5.73 Å². The summed E-state index contributed by atoms with van der Waals surface area (Å²) < 4.78 is 5.36. The van der Waals surface area contributed by atoms with E-state index < -0.39 is 4.92 Å². The Bertz CT molecular complexity index is 502. The number of carbonyl (C=O) groups is 1. The Kier molecular flexibility index (Phi) is 5.45. The van der Waals surface area contributed by atoms with Crippen LogP contribution in [-0.2, 0) is 4.74 Å². The molecule has 0 spiro atoms. The first-order valence-corrected chi connectivity index (χ1v) is 6.24. The number of nitrogens with two attached hydrogens (primary N) is 1. The smallest absolute Gasteiger partial charge is 0.292 e. The number of rotatable bonds is 6. The molecule has 0 atom stereocenters. The number of amides is 1. The van der Waals surface area contributed by atoms with E-state index in [2.05, 4.69) is 0 Å². The lowest BCUT2D eigenvalue weighted by molar-refractivity contribution is -0.383. The standard InChI is InChI=1S/C13H19N3O4/c1-9(2)20-8-7-15(3)13(17)10-5-4-6-11(12(10)14)16(18)19/h4-6,9H,7-8,14H2,1-3H3. The van der Waals surface area contributed by atoms with Crippen molar-refractivity contribution in [1.29, 1.82) is 0 Å². The van der Waals surface area contributed by atoms with Crippen LogP contribution in [0.15, 0.2) is 18.2 Å². The minimum Gasteiger partial charge on any atom is -0.393 e. The van der Waals surface area contributed by atoms with Crippen LogP contribution in [0.4, 0.5) is 11.4 Å². The largest absolute Gasteiger partial charge is 0.393 e. The van der Waals surface area contributed by atoms with Gasteiger partial charge in [-0.3, -0.25) is 14.9 Å². The molecule has 0 saturated carbocycles. The molecule has 1 aromatic carbocycles. The van der Waals surface area contributed by atoms with Crippen molar-refractivity contribution in [3.63, 3.8) is 0 Å². The lowest BCUT2D eigenvalue weighted by atomic mass is 10.1. The summed E-state index contributed by atoms with van der Waals surface area (Å²) in [7, 11) is 1.60. The average molecular weight is 281 g/mol. The molecular formula is C13H19N3O4. The number of likely N-dealkylation sites (N-methyl/N-ethyl adjacent to an activating group) is 1. The van der Waals surface area contributed by atoms with E-state index in [1.54, 1.807) is 7.05 Å². The lowest BCUT2D eigenvalue weighted by Crippen LogP contribution is -2.31. The fourth-order valence-corrected chi connectivity index (χ4v) is 1.63. The molecule has 1 rings (SSSR count). The van der Waals surface area contributed by atoms with Gasteiger partial charge in [0.15, 0.2) is 0 Å². The summed E-state index contributed by atoms with van der Waals surface area (Å²) in [6, 6.07) is 4.19. The predicted octanol–water partition coefficient (Wildman–Crippen LogP) is 1.67. The summed E-state index contributed by atoms with van der Waals surface area (Å²) in [4.78, 5) is 23.8. The van der Waals surface area contributed by atoms with Gasteiger partial charge in [-0.15, -0.1) is 0 Å². The Labute approximate surface area is 117 Å². The number of benzene rings is 1. The highest BCUT2D eigenvalue weighted by Gasteiger charge is 2.21. The molecule has 0 fully saturated rings. The fourth-order valence-electron chi connectivity index (χ4n) is 1.63. The normalized spacial score (nSPS) is 10.6. The molecule has 0 aliphatic carbocycles. The summed E-state index contributed by atoms with van der Waals surface area (Å²) in [5.74, 6) is -0.362. The number of ether oxygens (including phenoxy) is 1. The van der Waals surface area contributed by atoms with E-state index in [9.17, 15) is 14.9 Å². The van der Waals surface area contributed by atoms with Gasteiger partial charge in [0.2, 0.25) is 0 Å². The van der Waals surface area contributed by atoms with Crippen LogP contribution in [0.3, 0.4) is 0 Å². The van der Waals surface area contributed by atoms with Crippen molar-refractivity contribution in [3.05, 3.63) is 33.9 Å². The Morgan fingerprint density at radius 2 is 2.15 bits per heavy atom. The number of hydrogen-bond acceptors (Lipinski definition) is 5. The van der Waals surface area contributed by atoms with Gasteiger partial charge in [0.05, 0.1) is 23.2 Å². The first-order valence-electron chi connectivity index (χ1n) is 6.24. The number of nitro groups is 1. The summed E-state index contributed by atoms with van der Waals surface area (Å²) >= 11 is 0. The highest BCUT2D eigenvalue weighted by Crippen LogP contribution is 2.25. The maximum Gasteiger partial charge on any atom is 0.292 e. The maximum absolute atomic E-state index is 12.2. The van der Waals surface area contributed by atoms with Crippen molar-refractivity contribution < 1.29 is 14.5 Å². The number of nitro benzene ring substituents is 1. The summed E-state index contributed by atoms with van der Waals surface area (Å²) in [5, 5.41) is 10.8. The zero-order valence-corrected chi connectivity index (χ0v) is 11.8. The van der Waals surface area contributed by atoms with Gasteiger partial charge in [-0.05, 0) is 19.9 Å². The van der Waals surface area contributed by atoms with E-state index in [1.807, 2.05) is 13.8 Å². The third-order valence-corrected chi connectivity index (χ3v) is 2.73. The minimum atomic E-state index is -0.603. The molecule has 1 aromatic rings. The molecule has 1 amide bonds. The SMILES string of the molecule is CC(C)OCCN(C)C(=O)c1cccc([N+](=O)[O-])c1N. The van der Waals surface area contributed by atoms with Crippen molar-refractivity contribution in [2.24, 2.45) is 0 Å². The summed E-state index contributed by atoms with van der Waals surface area (Å²) in [6.45, 7) is 4.59. The van der Waals surface area contributed by atoms with Gasteiger partial charge in [-0.25, -0.2) is 0 Å². The minimum absolute atomic E-state index is 0.0846. The number of anilines is 1. The molecule has 2 N–H and O–H groups in total. The van der Waals surface area contributed by atoms with E-state index in [0.717, 1.165) is 0 Å². The molecule has 0 aliphatic rings. The Morgan fingerprint density at radius 1 is 1.50 bits per heavy atom. The van der Waals surface area contributed by atoms with Gasteiger partial charge in [-0.1, -0.05) is 6.07 Å². The van der Waals surface area contributed by atoms with E-state index in [-0.39, 0.29) is 28.9 Å². The second-order valence-corrected chi connectivity index (χ2v) is 4.64. The lowest BCUT2D eigenvalue weighted by Gasteiger charge is -2.18. The highest BCUT2D eigenvalue weighted by molar-refractivity contribution is 6.00. The highest BCUT2D eigenvalue weighted by atomic mass is 16.6. The molecule has 0 aromatic heterocycles. The molecule has 0 saturated heterocycles. The number of carbonyl (C=O) groups excluding carboxylic acids is 1. The number of para-hydroxylation sites is 1. The molecule has 20 heavy (non-hydrogen) atoms. The van der Waals surface area contributed by atoms with Crippen molar-refractivity contribution in [3.8, 4) is 0 Å². The van der Waals surface area contributed by atoms with Crippen molar-refractivity contribution in [1.82, 2.24) is 4.90 Å². The molecular weight excluding hydrogens is 262 g/mol. The summed E-state index contributed by atoms with van der Waals surface area (Å²) in [5.41, 5.74) is 5.44. The first-order chi connectivity index (χ1) is 9.34. The molecule has 0 radical (unpaired) electrons. The zero-order chi connectivity index (χ0) is 15.3. The van der Waals surface area contributed by atoms with Crippen LogP contribution in [0.25, 0.3) is 0 Å². The topological polar surface area (TPSA) is 98.7 Å². The monoisotopic (exact) mass is 281 g/mol. The van der Waals surface area contributed by atoms with Gasteiger partial charge >= 0.3 is 0 Å². The third-order valence-electron chi connectivity index (χ3n) is 2.73. The van der Waals surface area contributed by atoms with Crippen LogP contribution >= 0.6 is 0 Å².